The number of hydrogen-bond acceptors (Lipinski definition) is 3. The molecule has 3 rings (SSSR count). The van der Waals surface area contributed by atoms with Gasteiger partial charge in [0.15, 0.2) is 10.4 Å². The normalized spacial score (nSPS) is 24.2. The van der Waals surface area contributed by atoms with Gasteiger partial charge < -0.3 is 9.72 Å². The Hall–Kier alpha value is -1.14. The van der Waals surface area contributed by atoms with Crippen molar-refractivity contribution >= 4 is 23.4 Å². The smallest absolute Gasteiger partial charge is 0.179 e. The summed E-state index contributed by atoms with van der Waals surface area (Å²) >= 11 is 5.54. The Morgan fingerprint density at radius 2 is 2.32 bits per heavy atom. The first kappa shape index (κ1) is 12.9. The molecule has 0 aliphatic carbocycles. The largest absolute Gasteiger partial charge is 0.379 e. The Morgan fingerprint density at radius 1 is 1.53 bits per heavy atom. The summed E-state index contributed by atoms with van der Waals surface area (Å²) < 4.78 is 10.7. The second kappa shape index (κ2) is 4.45. The van der Waals surface area contributed by atoms with Crippen LogP contribution in [0.15, 0.2) is 0 Å². The predicted octanol–water partition coefficient (Wildman–Crippen LogP) is 2.75. The molecule has 2 aromatic rings. The third-order valence-electron chi connectivity index (χ3n) is 4.00. The quantitative estimate of drug-likeness (QED) is 0.861. The van der Waals surface area contributed by atoms with Crippen molar-refractivity contribution in [2.24, 2.45) is 0 Å². The van der Waals surface area contributed by atoms with Crippen molar-refractivity contribution in [3.63, 3.8) is 0 Å². The summed E-state index contributed by atoms with van der Waals surface area (Å²) in [6.07, 6.45) is 2.16. The number of aromatic nitrogens is 4. The molecule has 1 aliphatic rings. The van der Waals surface area contributed by atoms with Crippen LogP contribution in [0.25, 0.3) is 11.2 Å². The number of imidazole rings is 1. The topological polar surface area (TPSA) is 47.8 Å². The van der Waals surface area contributed by atoms with Gasteiger partial charge in [0.05, 0.1) is 17.8 Å². The molecule has 5 nitrogen and oxygen atoms in total. The van der Waals surface area contributed by atoms with Crippen molar-refractivity contribution in [3.8, 4) is 0 Å². The number of aromatic amines is 1. The van der Waals surface area contributed by atoms with Crippen molar-refractivity contribution < 1.29 is 4.74 Å². The monoisotopic (exact) mass is 280 g/mol. The molecule has 1 aliphatic heterocycles. The highest BCUT2D eigenvalue weighted by Crippen LogP contribution is 2.32. The first-order valence-corrected chi connectivity index (χ1v) is 7.24. The van der Waals surface area contributed by atoms with Gasteiger partial charge >= 0.3 is 0 Å². The van der Waals surface area contributed by atoms with E-state index < -0.39 is 0 Å². The van der Waals surface area contributed by atoms with Gasteiger partial charge in [-0.25, -0.2) is 4.68 Å². The zero-order chi connectivity index (χ0) is 13.6. The van der Waals surface area contributed by atoms with Gasteiger partial charge in [-0.2, -0.15) is 5.10 Å². The number of hydrogen-bond donors (Lipinski definition) is 1. The van der Waals surface area contributed by atoms with Gasteiger partial charge in [0.1, 0.15) is 5.52 Å². The van der Waals surface area contributed by atoms with E-state index in [4.69, 9.17) is 17.0 Å². The van der Waals surface area contributed by atoms with Gasteiger partial charge in [0.25, 0.3) is 0 Å². The molecule has 6 heteroatoms. The molecule has 19 heavy (non-hydrogen) atoms. The van der Waals surface area contributed by atoms with E-state index in [0.29, 0.717) is 6.61 Å². The molecule has 0 amide bonds. The molecular formula is C13H20N4OS. The van der Waals surface area contributed by atoms with Crippen molar-refractivity contribution in [1.82, 2.24) is 19.3 Å². The third kappa shape index (κ3) is 1.85. The first-order chi connectivity index (χ1) is 9.07. The number of nitrogens with zero attached hydrogens (tertiary/aromatic N) is 3. The molecule has 3 heterocycles. The summed E-state index contributed by atoms with van der Waals surface area (Å²) in [6.45, 7) is 8.74. The second-order valence-corrected chi connectivity index (χ2v) is 5.91. The van der Waals surface area contributed by atoms with E-state index in [1.165, 1.54) is 0 Å². The van der Waals surface area contributed by atoms with Gasteiger partial charge in [-0.15, -0.1) is 0 Å². The zero-order valence-corrected chi connectivity index (χ0v) is 12.5. The van der Waals surface area contributed by atoms with E-state index in [-0.39, 0.29) is 5.54 Å². The van der Waals surface area contributed by atoms with Crippen LogP contribution in [0.2, 0.25) is 0 Å². The number of rotatable bonds is 2. The molecule has 0 spiro atoms. The zero-order valence-electron chi connectivity index (χ0n) is 11.7. The molecule has 1 saturated heterocycles. The predicted molar refractivity (Wildman–Crippen MR) is 77.0 cm³/mol. The second-order valence-electron chi connectivity index (χ2n) is 5.52. The van der Waals surface area contributed by atoms with Crippen LogP contribution in [0.4, 0.5) is 0 Å². The van der Waals surface area contributed by atoms with E-state index >= 15 is 0 Å². The molecule has 0 saturated carbocycles. The van der Waals surface area contributed by atoms with Gasteiger partial charge in [-0.05, 0) is 45.8 Å². The van der Waals surface area contributed by atoms with E-state index in [9.17, 15) is 0 Å². The van der Waals surface area contributed by atoms with E-state index in [2.05, 4.69) is 28.5 Å². The summed E-state index contributed by atoms with van der Waals surface area (Å²) in [5, 5.41) is 4.57. The first-order valence-electron chi connectivity index (χ1n) is 6.83. The van der Waals surface area contributed by atoms with Gasteiger partial charge in [0, 0.05) is 13.2 Å². The molecule has 2 aromatic heterocycles. The van der Waals surface area contributed by atoms with Gasteiger partial charge in [-0.1, -0.05) is 0 Å². The van der Waals surface area contributed by atoms with Gasteiger partial charge in [0.2, 0.25) is 0 Å². The van der Waals surface area contributed by atoms with E-state index in [0.717, 1.165) is 47.6 Å². The highest BCUT2D eigenvalue weighted by Gasteiger charge is 2.33. The molecule has 0 bridgehead atoms. The summed E-state index contributed by atoms with van der Waals surface area (Å²) in [5.74, 6) is 0. The van der Waals surface area contributed by atoms with Crippen LogP contribution in [0.5, 0.6) is 0 Å². The minimum absolute atomic E-state index is 0.0764. The van der Waals surface area contributed by atoms with Crippen LogP contribution in [0.1, 0.15) is 32.4 Å². The summed E-state index contributed by atoms with van der Waals surface area (Å²) in [6, 6.07) is 0. The van der Waals surface area contributed by atoms with Crippen molar-refractivity contribution in [2.45, 2.75) is 45.7 Å². The Labute approximate surface area is 117 Å². The maximum absolute atomic E-state index is 5.68. The Bertz CT molecular complexity index is 660. The van der Waals surface area contributed by atoms with Crippen LogP contribution in [0.3, 0.4) is 0 Å². The van der Waals surface area contributed by atoms with E-state index in [1.807, 2.05) is 11.6 Å². The highest BCUT2D eigenvalue weighted by molar-refractivity contribution is 7.71. The van der Waals surface area contributed by atoms with Crippen molar-refractivity contribution in [3.05, 3.63) is 10.5 Å². The van der Waals surface area contributed by atoms with Crippen LogP contribution in [-0.4, -0.2) is 32.5 Å². The molecule has 1 N–H and O–H groups in total. The molecule has 0 aromatic carbocycles. The Morgan fingerprint density at radius 3 is 2.95 bits per heavy atom. The third-order valence-corrected chi connectivity index (χ3v) is 4.29. The number of nitrogens with one attached hydrogen (secondary N) is 1. The molecular weight excluding hydrogens is 260 g/mol. The molecule has 1 atom stereocenters. The minimum Gasteiger partial charge on any atom is -0.379 e. The summed E-state index contributed by atoms with van der Waals surface area (Å²) in [5.41, 5.74) is 3.08. The lowest BCUT2D eigenvalue weighted by Gasteiger charge is -2.35. The van der Waals surface area contributed by atoms with Crippen LogP contribution in [0, 0.1) is 11.7 Å². The standard InChI is InChI=1S/C13H20N4OS/c1-4-16-11-10(9(2)15-16)14-12(19)17(11)13(3)6-5-7-18-8-13/h4-8H2,1-3H3,(H,14,19). The molecule has 1 fully saturated rings. The summed E-state index contributed by atoms with van der Waals surface area (Å²) in [7, 11) is 0. The molecule has 1 unspecified atom stereocenters. The maximum atomic E-state index is 5.68. The van der Waals surface area contributed by atoms with Crippen molar-refractivity contribution in [1.29, 1.82) is 0 Å². The number of fused-ring (bicyclic) bond motifs is 1. The van der Waals surface area contributed by atoms with Crippen LogP contribution >= 0.6 is 12.2 Å². The average molecular weight is 280 g/mol. The molecule has 104 valence electrons. The molecule has 0 radical (unpaired) electrons. The van der Waals surface area contributed by atoms with Crippen LogP contribution < -0.4 is 0 Å². The fourth-order valence-electron chi connectivity index (χ4n) is 3.02. The Kier molecular flexibility index (Phi) is 3.02. The summed E-state index contributed by atoms with van der Waals surface area (Å²) in [4.78, 5) is 3.31. The fourth-order valence-corrected chi connectivity index (χ4v) is 3.43. The minimum atomic E-state index is -0.0764. The fraction of sp³-hybridized carbons (Fsp3) is 0.692. The van der Waals surface area contributed by atoms with E-state index in [1.54, 1.807) is 0 Å². The highest BCUT2D eigenvalue weighted by atomic mass is 32.1. The average Bonchev–Trinajstić information content (AvgIpc) is 2.87. The Balaban J connectivity index is 2.27. The van der Waals surface area contributed by atoms with Crippen LogP contribution in [-0.2, 0) is 16.8 Å². The number of H-pyrrole nitrogens is 1. The number of aryl methyl sites for hydroxylation is 2. The SMILES string of the molecule is CCn1nc(C)c2[nH]c(=S)n(C3(C)CCCOC3)c21. The maximum Gasteiger partial charge on any atom is 0.179 e. The number of ether oxygens (including phenoxy) is 1. The lowest BCUT2D eigenvalue weighted by Crippen LogP contribution is -2.39. The van der Waals surface area contributed by atoms with Crippen molar-refractivity contribution in [2.75, 3.05) is 13.2 Å². The lowest BCUT2D eigenvalue weighted by molar-refractivity contribution is 0.0103. The van der Waals surface area contributed by atoms with Gasteiger partial charge in [-0.3, -0.25) is 4.57 Å². The lowest BCUT2D eigenvalue weighted by atomic mass is 9.94.